The molecule has 0 aliphatic carbocycles. The highest BCUT2D eigenvalue weighted by Gasteiger charge is 2.22. The van der Waals surface area contributed by atoms with Crippen LogP contribution in [0.4, 0.5) is 0 Å². The summed E-state index contributed by atoms with van der Waals surface area (Å²) in [5.74, 6) is 0. The first kappa shape index (κ1) is 76.5. The summed E-state index contributed by atoms with van der Waals surface area (Å²) in [7, 11) is 0. The van der Waals surface area contributed by atoms with Gasteiger partial charge >= 0.3 is 0 Å². The maximum absolute atomic E-state index is 2.39. The minimum absolute atomic E-state index is 0.125. The van der Waals surface area contributed by atoms with Crippen molar-refractivity contribution in [3.05, 3.63) is 392 Å². The molecule has 0 amide bonds. The highest BCUT2D eigenvalue weighted by atomic mass is 14.3. The molecular weight excluding hydrogens is 1380 g/mol. The van der Waals surface area contributed by atoms with E-state index in [4.69, 9.17) is 0 Å². The van der Waals surface area contributed by atoms with Crippen LogP contribution in [0.3, 0.4) is 0 Å². The first-order chi connectivity index (χ1) is 55.3. The average molecular weight is 1490 g/mol. The highest BCUT2D eigenvalue weighted by molar-refractivity contribution is 6.17. The SMILES string of the molecule is Cc1cc(C)cc(-c2c3ccc(-c4c(C)cccc4C)cc3cc3cc(-c4c(C)cccc4C)ccc23)c1.Cc1cccc(-c2c3ccc(-c4c(C)cccc4C)cc3cc3cc(-c4c(C)cccc4C)ccc23)c1.Cc1cccc(C)c1-c1ccc2c(-c3ccc(C(C)(C)C)cc3)c3ccc(-c4c(C)cccc4C)cc3cc2c1. The lowest BCUT2D eigenvalue weighted by molar-refractivity contribution is 0.590. The fraction of sp³-hybridized carbons (Fsp3) is 0.165. The van der Waals surface area contributed by atoms with Gasteiger partial charge in [-0.1, -0.05) is 286 Å². The zero-order valence-electron chi connectivity index (χ0n) is 70.4. The molecule has 0 bridgehead atoms. The second-order valence-electron chi connectivity index (χ2n) is 34.0. The van der Waals surface area contributed by atoms with Gasteiger partial charge < -0.3 is 0 Å². The van der Waals surface area contributed by atoms with Crippen LogP contribution in [-0.4, -0.2) is 0 Å². The lowest BCUT2D eigenvalue weighted by atomic mass is 9.84. The Morgan fingerprint density at radius 1 is 0.148 bits per heavy atom. The van der Waals surface area contributed by atoms with E-state index in [0.29, 0.717) is 0 Å². The molecule has 0 heteroatoms. The van der Waals surface area contributed by atoms with Gasteiger partial charge in [-0.25, -0.2) is 0 Å². The lowest BCUT2D eigenvalue weighted by Gasteiger charge is -2.20. The normalized spacial score (nSPS) is 11.6. The largest absolute Gasteiger partial charge is 0.0617 e. The molecular formula is C115H104. The van der Waals surface area contributed by atoms with Gasteiger partial charge in [0.25, 0.3) is 0 Å². The number of fused-ring (bicyclic) bond motifs is 6. The molecule has 18 aromatic rings. The van der Waals surface area contributed by atoms with Crippen molar-refractivity contribution in [2.45, 2.75) is 130 Å². The van der Waals surface area contributed by atoms with E-state index in [9.17, 15) is 0 Å². The molecule has 18 rings (SSSR count). The van der Waals surface area contributed by atoms with Crippen molar-refractivity contribution < 1.29 is 0 Å². The Bertz CT molecular complexity index is 6430. The molecule has 115 heavy (non-hydrogen) atoms. The Hall–Kier alpha value is -12.5. The van der Waals surface area contributed by atoms with E-state index in [2.05, 4.69) is 428 Å². The van der Waals surface area contributed by atoms with Crippen LogP contribution in [0, 0.1) is 104 Å². The van der Waals surface area contributed by atoms with Gasteiger partial charge in [-0.15, -0.1) is 0 Å². The minimum Gasteiger partial charge on any atom is -0.0617 e. The van der Waals surface area contributed by atoms with E-state index in [1.54, 1.807) is 0 Å². The fourth-order valence-electron chi connectivity index (χ4n) is 18.9. The summed E-state index contributed by atoms with van der Waals surface area (Å²) in [6.45, 7) is 39.9. The van der Waals surface area contributed by atoms with Gasteiger partial charge in [-0.3, -0.25) is 0 Å². The molecule has 0 N–H and O–H groups in total. The first-order valence-corrected chi connectivity index (χ1v) is 41.0. The van der Waals surface area contributed by atoms with Crippen LogP contribution in [0.2, 0.25) is 0 Å². The second-order valence-corrected chi connectivity index (χ2v) is 34.0. The number of hydrogen-bond donors (Lipinski definition) is 0. The van der Waals surface area contributed by atoms with Crippen molar-refractivity contribution in [3.8, 4) is 100 Å². The predicted molar refractivity (Wildman–Crippen MR) is 503 cm³/mol. The van der Waals surface area contributed by atoms with E-state index in [0.717, 1.165) is 0 Å². The van der Waals surface area contributed by atoms with E-state index in [1.807, 2.05) is 0 Å². The minimum atomic E-state index is 0.125. The third-order valence-corrected chi connectivity index (χ3v) is 24.3. The highest BCUT2D eigenvalue weighted by Crippen LogP contribution is 2.47. The molecule has 0 aliphatic heterocycles. The summed E-state index contributed by atoms with van der Waals surface area (Å²) in [6.07, 6.45) is 0. The first-order valence-electron chi connectivity index (χ1n) is 41.0. The Kier molecular flexibility index (Phi) is 20.7. The molecule has 0 aromatic heterocycles. The number of hydrogen-bond acceptors (Lipinski definition) is 0. The Balaban J connectivity index is 0.000000130. The maximum Gasteiger partial charge on any atom is -0.00266 e. The fourth-order valence-corrected chi connectivity index (χ4v) is 18.9. The van der Waals surface area contributed by atoms with E-state index >= 15 is 0 Å². The molecule has 0 atom stereocenters. The Morgan fingerprint density at radius 3 is 0.583 bits per heavy atom. The zero-order chi connectivity index (χ0) is 80.4. The molecule has 0 aliphatic rings. The van der Waals surface area contributed by atoms with Gasteiger partial charge in [-0.05, 0) is 401 Å². The van der Waals surface area contributed by atoms with Crippen molar-refractivity contribution in [1.82, 2.24) is 0 Å². The van der Waals surface area contributed by atoms with Gasteiger partial charge in [0.2, 0.25) is 0 Å². The van der Waals surface area contributed by atoms with E-state index in [1.165, 1.54) is 254 Å². The summed E-state index contributed by atoms with van der Waals surface area (Å²) in [5, 5.41) is 15.5. The summed E-state index contributed by atoms with van der Waals surface area (Å²) in [6, 6.07) is 114. The number of rotatable bonds is 9. The molecule has 0 unspecified atom stereocenters. The third kappa shape index (κ3) is 14.9. The van der Waals surface area contributed by atoms with Crippen LogP contribution in [0.25, 0.3) is 165 Å². The lowest BCUT2D eigenvalue weighted by Crippen LogP contribution is -2.10. The average Bonchev–Trinajstić information content (AvgIpc) is 0.748. The maximum atomic E-state index is 2.39. The van der Waals surface area contributed by atoms with Crippen LogP contribution in [0.5, 0.6) is 0 Å². The van der Waals surface area contributed by atoms with Crippen LogP contribution >= 0.6 is 0 Å². The van der Waals surface area contributed by atoms with Crippen molar-refractivity contribution in [2.75, 3.05) is 0 Å². The van der Waals surface area contributed by atoms with Crippen LogP contribution in [0.15, 0.2) is 303 Å². The molecule has 0 nitrogen and oxygen atoms in total. The molecule has 0 saturated carbocycles. The van der Waals surface area contributed by atoms with Gasteiger partial charge in [0.15, 0.2) is 0 Å². The molecule has 0 saturated heterocycles. The van der Waals surface area contributed by atoms with Crippen molar-refractivity contribution in [3.63, 3.8) is 0 Å². The molecule has 0 spiro atoms. The molecule has 18 aromatic carbocycles. The smallest absolute Gasteiger partial charge is 0.00266 e. The summed E-state index contributed by atoms with van der Waals surface area (Å²) in [5.41, 5.74) is 44.6. The standard InChI is InChI=1S/C40H38.C38H34.C37H32/c1-25-10-8-11-26(2)37(25)30-16-20-35-32(22-30)24-33-23-31(38-27(3)12-9-13-28(38)4)17-21-36(33)39(35)29-14-18-34(19-15-29)40(5,6)7;1-23-17-24(2)19-33(18-23)38-34-15-13-29(36-25(3)9-7-10-26(36)4)20-31(34)22-32-21-30(14-16-35(32)38)37-27(5)11-8-12-28(37)6;1-23-9-6-14-28(19-23)37-33-17-15-29(35-24(2)10-7-11-25(35)3)20-31(33)22-32-21-30(16-18-34(32)37)36-26(4)12-8-13-27(36)5/h8-24H,1-7H3;7-22H,1-6H3;6-22H,1-5H3. The third-order valence-electron chi connectivity index (χ3n) is 24.3. The van der Waals surface area contributed by atoms with Crippen LogP contribution < -0.4 is 0 Å². The zero-order valence-corrected chi connectivity index (χ0v) is 70.4. The molecule has 0 heterocycles. The van der Waals surface area contributed by atoms with Crippen LogP contribution in [0.1, 0.15) is 110 Å². The quantitative estimate of drug-likeness (QED) is 0.126. The summed E-state index contributed by atoms with van der Waals surface area (Å²) < 4.78 is 0. The topological polar surface area (TPSA) is 0 Å². The van der Waals surface area contributed by atoms with E-state index < -0.39 is 0 Å². The molecule has 0 fully saturated rings. The molecule has 564 valence electrons. The van der Waals surface area contributed by atoms with Crippen molar-refractivity contribution >= 4 is 64.6 Å². The summed E-state index contributed by atoms with van der Waals surface area (Å²) >= 11 is 0. The number of aryl methyl sites for hydroxylation is 15. The van der Waals surface area contributed by atoms with Gasteiger partial charge in [0.05, 0.1) is 0 Å². The summed E-state index contributed by atoms with van der Waals surface area (Å²) in [4.78, 5) is 0. The Morgan fingerprint density at radius 2 is 0.348 bits per heavy atom. The second kappa shape index (κ2) is 31.1. The van der Waals surface area contributed by atoms with Gasteiger partial charge in [0, 0.05) is 0 Å². The van der Waals surface area contributed by atoms with Gasteiger partial charge in [-0.2, -0.15) is 0 Å². The van der Waals surface area contributed by atoms with Crippen LogP contribution in [-0.2, 0) is 5.41 Å². The number of benzene rings is 18. The van der Waals surface area contributed by atoms with Gasteiger partial charge in [0.1, 0.15) is 0 Å². The van der Waals surface area contributed by atoms with Crippen molar-refractivity contribution in [1.29, 1.82) is 0 Å². The van der Waals surface area contributed by atoms with Crippen molar-refractivity contribution in [2.24, 2.45) is 0 Å². The Labute approximate surface area is 682 Å². The molecule has 0 radical (unpaired) electrons. The monoisotopic (exact) mass is 1480 g/mol. The predicted octanol–water partition coefficient (Wildman–Crippen LogP) is 32.9. The van der Waals surface area contributed by atoms with E-state index in [-0.39, 0.29) is 5.41 Å².